The predicted molar refractivity (Wildman–Crippen MR) is 70.4 cm³/mol. The minimum absolute atomic E-state index is 0.190. The van der Waals surface area contributed by atoms with Crippen molar-refractivity contribution < 1.29 is 9.53 Å². The molecule has 0 spiro atoms. The average Bonchev–Trinajstić information content (AvgIpc) is 2.66. The average molecular weight is 248 g/mol. The van der Waals surface area contributed by atoms with Crippen LogP contribution in [0.25, 0.3) is 0 Å². The lowest BCUT2D eigenvalue weighted by Crippen LogP contribution is -2.31. The molecule has 4 nitrogen and oxygen atoms in total. The molecular formula is C14H20N2O2. The zero-order valence-electron chi connectivity index (χ0n) is 10.8. The highest BCUT2D eigenvalue weighted by Gasteiger charge is 2.20. The lowest BCUT2D eigenvalue weighted by molar-refractivity contribution is 0.0996. The Hall–Kier alpha value is -1.39. The molecule has 1 atom stereocenters. The van der Waals surface area contributed by atoms with Crippen LogP contribution in [0.1, 0.15) is 35.3 Å². The number of carbonyl (C=O) groups is 1. The summed E-state index contributed by atoms with van der Waals surface area (Å²) < 4.78 is 5.46. The van der Waals surface area contributed by atoms with Crippen molar-refractivity contribution in [1.29, 1.82) is 0 Å². The molecule has 0 saturated carbocycles. The van der Waals surface area contributed by atoms with Gasteiger partial charge in [0.15, 0.2) is 0 Å². The van der Waals surface area contributed by atoms with Gasteiger partial charge < -0.3 is 10.5 Å². The molecule has 1 fully saturated rings. The van der Waals surface area contributed by atoms with Crippen molar-refractivity contribution in [2.45, 2.75) is 19.4 Å². The van der Waals surface area contributed by atoms with Crippen molar-refractivity contribution in [2.24, 2.45) is 5.73 Å². The summed E-state index contributed by atoms with van der Waals surface area (Å²) in [5, 5.41) is 0. The van der Waals surface area contributed by atoms with Gasteiger partial charge in [-0.2, -0.15) is 0 Å². The van der Waals surface area contributed by atoms with Crippen LogP contribution in [0.3, 0.4) is 0 Å². The highest BCUT2D eigenvalue weighted by atomic mass is 16.5. The highest BCUT2D eigenvalue weighted by Crippen LogP contribution is 2.24. The number of carbonyl (C=O) groups excluding carboxylic acids is 1. The fourth-order valence-corrected chi connectivity index (χ4v) is 2.44. The van der Waals surface area contributed by atoms with E-state index in [0.717, 1.165) is 38.3 Å². The lowest BCUT2D eigenvalue weighted by atomic mass is 9.99. The molecule has 1 aromatic carbocycles. The molecule has 0 bridgehead atoms. The summed E-state index contributed by atoms with van der Waals surface area (Å²) in [5.74, 6) is -0.358. The number of primary amides is 1. The number of amides is 1. The maximum atomic E-state index is 11.5. The quantitative estimate of drug-likeness (QED) is 0.883. The summed E-state index contributed by atoms with van der Waals surface area (Å²) in [4.78, 5) is 13.8. The third-order valence-electron chi connectivity index (χ3n) is 3.48. The van der Waals surface area contributed by atoms with E-state index in [1.54, 1.807) is 6.07 Å². The highest BCUT2D eigenvalue weighted by molar-refractivity contribution is 5.94. The fraction of sp³-hybridized carbons (Fsp3) is 0.500. The topological polar surface area (TPSA) is 55.6 Å². The first-order valence-electron chi connectivity index (χ1n) is 6.40. The number of hydrogen-bond acceptors (Lipinski definition) is 3. The van der Waals surface area contributed by atoms with Crippen molar-refractivity contribution in [3.8, 4) is 0 Å². The van der Waals surface area contributed by atoms with Crippen molar-refractivity contribution in [2.75, 3.05) is 26.3 Å². The SMILES string of the molecule is CC(c1ccccc1C(N)=O)N1CCCOCC1. The van der Waals surface area contributed by atoms with E-state index in [0.29, 0.717) is 5.56 Å². The molecule has 2 rings (SSSR count). The number of nitrogens with two attached hydrogens (primary N) is 1. The first kappa shape index (κ1) is 13.1. The van der Waals surface area contributed by atoms with Crippen molar-refractivity contribution in [1.82, 2.24) is 4.90 Å². The summed E-state index contributed by atoms with van der Waals surface area (Å²) in [6.07, 6.45) is 1.03. The van der Waals surface area contributed by atoms with E-state index in [4.69, 9.17) is 10.5 Å². The molecule has 0 aliphatic carbocycles. The van der Waals surface area contributed by atoms with Gasteiger partial charge in [0.25, 0.3) is 0 Å². The van der Waals surface area contributed by atoms with Gasteiger partial charge in [0.05, 0.1) is 6.61 Å². The van der Waals surface area contributed by atoms with E-state index < -0.39 is 0 Å². The Kier molecular flexibility index (Phi) is 4.33. The van der Waals surface area contributed by atoms with Crippen LogP contribution >= 0.6 is 0 Å². The van der Waals surface area contributed by atoms with Crippen molar-refractivity contribution in [3.05, 3.63) is 35.4 Å². The summed E-state index contributed by atoms with van der Waals surface area (Å²) in [6, 6.07) is 7.77. The van der Waals surface area contributed by atoms with E-state index in [-0.39, 0.29) is 11.9 Å². The van der Waals surface area contributed by atoms with E-state index in [9.17, 15) is 4.79 Å². The molecule has 0 aromatic heterocycles. The first-order chi connectivity index (χ1) is 8.70. The molecule has 1 aromatic rings. The van der Waals surface area contributed by atoms with Gasteiger partial charge in [-0.15, -0.1) is 0 Å². The Morgan fingerprint density at radius 2 is 2.11 bits per heavy atom. The molecule has 4 heteroatoms. The second kappa shape index (κ2) is 5.98. The number of rotatable bonds is 3. The van der Waals surface area contributed by atoms with Gasteiger partial charge in [0.2, 0.25) is 5.91 Å². The van der Waals surface area contributed by atoms with Crippen LogP contribution in [0.15, 0.2) is 24.3 Å². The largest absolute Gasteiger partial charge is 0.380 e. The Balaban J connectivity index is 2.21. The summed E-state index contributed by atoms with van der Waals surface area (Å²) in [5.41, 5.74) is 7.06. The summed E-state index contributed by atoms with van der Waals surface area (Å²) in [7, 11) is 0. The molecule has 1 aliphatic rings. The van der Waals surface area contributed by atoms with Crippen LogP contribution in [0, 0.1) is 0 Å². The molecular weight excluding hydrogens is 228 g/mol. The van der Waals surface area contributed by atoms with Crippen LogP contribution in [0.2, 0.25) is 0 Å². The molecule has 1 amide bonds. The molecule has 1 heterocycles. The van der Waals surface area contributed by atoms with Crippen molar-refractivity contribution >= 4 is 5.91 Å². The Morgan fingerprint density at radius 1 is 1.33 bits per heavy atom. The van der Waals surface area contributed by atoms with E-state index >= 15 is 0 Å². The van der Waals surface area contributed by atoms with Crippen LogP contribution in [0.5, 0.6) is 0 Å². The van der Waals surface area contributed by atoms with E-state index in [2.05, 4.69) is 11.8 Å². The van der Waals surface area contributed by atoms with Gasteiger partial charge in [0, 0.05) is 31.3 Å². The van der Waals surface area contributed by atoms with Gasteiger partial charge in [-0.3, -0.25) is 9.69 Å². The zero-order valence-corrected chi connectivity index (χ0v) is 10.8. The molecule has 18 heavy (non-hydrogen) atoms. The van der Waals surface area contributed by atoms with Gasteiger partial charge in [0.1, 0.15) is 0 Å². The van der Waals surface area contributed by atoms with Crippen molar-refractivity contribution in [3.63, 3.8) is 0 Å². The van der Waals surface area contributed by atoms with Crippen LogP contribution in [-0.4, -0.2) is 37.1 Å². The second-order valence-electron chi connectivity index (χ2n) is 4.63. The third kappa shape index (κ3) is 2.89. The van der Waals surface area contributed by atoms with E-state index in [1.807, 2.05) is 18.2 Å². The predicted octanol–water partition coefficient (Wildman–Crippen LogP) is 1.57. The number of hydrogen-bond donors (Lipinski definition) is 1. The Bertz CT molecular complexity index is 412. The maximum absolute atomic E-state index is 11.5. The number of nitrogens with zero attached hydrogens (tertiary/aromatic N) is 1. The van der Waals surface area contributed by atoms with Crippen LogP contribution in [-0.2, 0) is 4.74 Å². The lowest BCUT2D eigenvalue weighted by Gasteiger charge is -2.28. The Morgan fingerprint density at radius 3 is 2.89 bits per heavy atom. The minimum Gasteiger partial charge on any atom is -0.380 e. The molecule has 1 unspecified atom stereocenters. The number of ether oxygens (including phenoxy) is 1. The zero-order chi connectivity index (χ0) is 13.0. The number of benzene rings is 1. The fourth-order valence-electron chi connectivity index (χ4n) is 2.44. The van der Waals surface area contributed by atoms with Crippen LogP contribution in [0.4, 0.5) is 0 Å². The van der Waals surface area contributed by atoms with E-state index in [1.165, 1.54) is 0 Å². The maximum Gasteiger partial charge on any atom is 0.249 e. The monoisotopic (exact) mass is 248 g/mol. The second-order valence-corrected chi connectivity index (χ2v) is 4.63. The van der Waals surface area contributed by atoms with Gasteiger partial charge >= 0.3 is 0 Å². The van der Waals surface area contributed by atoms with Gasteiger partial charge in [-0.25, -0.2) is 0 Å². The molecule has 0 radical (unpaired) electrons. The summed E-state index contributed by atoms with van der Waals surface area (Å²) >= 11 is 0. The molecule has 1 saturated heterocycles. The van der Waals surface area contributed by atoms with Gasteiger partial charge in [-0.05, 0) is 25.0 Å². The molecule has 2 N–H and O–H groups in total. The first-order valence-corrected chi connectivity index (χ1v) is 6.40. The minimum atomic E-state index is -0.358. The normalized spacial score (nSPS) is 19.2. The smallest absolute Gasteiger partial charge is 0.249 e. The van der Waals surface area contributed by atoms with Gasteiger partial charge in [-0.1, -0.05) is 18.2 Å². The summed E-state index contributed by atoms with van der Waals surface area (Å²) in [6.45, 7) is 5.58. The standard InChI is InChI=1S/C14H20N2O2/c1-11(16-7-4-9-18-10-8-16)12-5-2-3-6-13(12)14(15)17/h2-3,5-6,11H,4,7-10H2,1H3,(H2,15,17). The molecule has 98 valence electrons. The molecule has 1 aliphatic heterocycles. The Labute approximate surface area is 108 Å². The third-order valence-corrected chi connectivity index (χ3v) is 3.48. The van der Waals surface area contributed by atoms with Crippen LogP contribution < -0.4 is 5.73 Å².